The van der Waals surface area contributed by atoms with E-state index in [0.717, 1.165) is 0 Å². The zero-order valence-corrected chi connectivity index (χ0v) is 14.9. The predicted molar refractivity (Wildman–Crippen MR) is 97.3 cm³/mol. The molecule has 2 atom stereocenters. The van der Waals surface area contributed by atoms with Crippen LogP contribution in [0.3, 0.4) is 0 Å². The van der Waals surface area contributed by atoms with E-state index in [0.29, 0.717) is 11.8 Å². The molecule has 0 heteroatoms. The zero-order valence-electron chi connectivity index (χ0n) is 14.9. The van der Waals surface area contributed by atoms with Gasteiger partial charge in [0.25, 0.3) is 0 Å². The summed E-state index contributed by atoms with van der Waals surface area (Å²) in [4.78, 5) is 0. The van der Waals surface area contributed by atoms with Crippen LogP contribution in [0.1, 0.15) is 52.7 Å². The number of hydrogen-bond donors (Lipinski definition) is 0. The Hall–Kier alpha value is -1.56. The zero-order chi connectivity index (χ0) is 16.4. The minimum absolute atomic E-state index is 0.0732. The van der Waals surface area contributed by atoms with Crippen molar-refractivity contribution in [2.75, 3.05) is 0 Å². The minimum Gasteiger partial charge on any atom is -0.0622 e. The Morgan fingerprint density at radius 1 is 0.545 bits per heavy atom. The molecule has 0 saturated carbocycles. The van der Waals surface area contributed by atoms with Gasteiger partial charge in [0.1, 0.15) is 0 Å². The molecule has 0 saturated heterocycles. The molecule has 2 unspecified atom stereocenters. The Morgan fingerprint density at radius 3 is 1.05 bits per heavy atom. The first-order chi connectivity index (χ1) is 10.3. The topological polar surface area (TPSA) is 0 Å². The van der Waals surface area contributed by atoms with Crippen molar-refractivity contribution >= 4 is 0 Å². The second-order valence-electron chi connectivity index (χ2n) is 7.45. The highest BCUT2D eigenvalue weighted by atomic mass is 14.5. The van der Waals surface area contributed by atoms with E-state index in [4.69, 9.17) is 0 Å². The number of benzene rings is 2. The molecule has 22 heavy (non-hydrogen) atoms. The molecule has 118 valence electrons. The van der Waals surface area contributed by atoms with Crippen LogP contribution in [0.25, 0.3) is 0 Å². The molecule has 2 aromatic rings. The largest absolute Gasteiger partial charge is 0.0622 e. The third-order valence-corrected chi connectivity index (χ3v) is 6.14. The van der Waals surface area contributed by atoms with Crippen LogP contribution < -0.4 is 0 Å². The van der Waals surface area contributed by atoms with Crippen LogP contribution in [0, 0.1) is 11.8 Å². The molecule has 0 amide bonds. The summed E-state index contributed by atoms with van der Waals surface area (Å²) in [6.45, 7) is 14.3. The van der Waals surface area contributed by atoms with E-state index in [2.05, 4.69) is 102 Å². The molecule has 0 aliphatic carbocycles. The number of rotatable bonds is 5. The first-order valence-electron chi connectivity index (χ1n) is 8.46. The lowest BCUT2D eigenvalue weighted by molar-refractivity contribution is 0.131. The molecule has 0 aliphatic rings. The molecule has 2 aromatic carbocycles. The molecular weight excluding hydrogens is 264 g/mol. The molecule has 0 N–H and O–H groups in total. The molecule has 0 aromatic heterocycles. The Labute approximate surface area is 136 Å². The predicted octanol–water partition coefficient (Wildman–Crippen LogP) is 6.21. The molecule has 0 heterocycles. The van der Waals surface area contributed by atoms with Gasteiger partial charge in [-0.05, 0) is 23.0 Å². The van der Waals surface area contributed by atoms with E-state index in [1.54, 1.807) is 0 Å². The van der Waals surface area contributed by atoms with E-state index in [1.807, 2.05) is 0 Å². The lowest BCUT2D eigenvalue weighted by Gasteiger charge is -2.53. The van der Waals surface area contributed by atoms with Gasteiger partial charge in [-0.3, -0.25) is 0 Å². The van der Waals surface area contributed by atoms with Crippen molar-refractivity contribution in [2.24, 2.45) is 11.8 Å². The third-order valence-electron chi connectivity index (χ3n) is 6.14. The van der Waals surface area contributed by atoms with E-state index in [1.165, 1.54) is 11.1 Å². The SMILES string of the molecule is CC(C)C(C)(c1ccccc1)C(C)(c1ccccc1)C(C)C. The van der Waals surface area contributed by atoms with Gasteiger partial charge >= 0.3 is 0 Å². The summed E-state index contributed by atoms with van der Waals surface area (Å²) < 4.78 is 0. The van der Waals surface area contributed by atoms with Crippen molar-refractivity contribution in [1.29, 1.82) is 0 Å². The Bertz CT molecular complexity index is 526. The summed E-state index contributed by atoms with van der Waals surface area (Å²) in [5.74, 6) is 1.09. The summed E-state index contributed by atoms with van der Waals surface area (Å²) in [5.41, 5.74) is 3.02. The summed E-state index contributed by atoms with van der Waals surface area (Å²) in [5, 5.41) is 0. The fraction of sp³-hybridized carbons (Fsp3) is 0.455. The normalized spacial score (nSPS) is 17.3. The van der Waals surface area contributed by atoms with Gasteiger partial charge < -0.3 is 0 Å². The second-order valence-corrected chi connectivity index (χ2v) is 7.45. The van der Waals surface area contributed by atoms with E-state index in [-0.39, 0.29) is 10.8 Å². The van der Waals surface area contributed by atoms with Crippen molar-refractivity contribution < 1.29 is 0 Å². The highest BCUT2D eigenvalue weighted by Crippen LogP contribution is 2.52. The van der Waals surface area contributed by atoms with Gasteiger partial charge in [0.2, 0.25) is 0 Å². The Kier molecular flexibility index (Phi) is 4.80. The van der Waals surface area contributed by atoms with Gasteiger partial charge in [-0.1, -0.05) is 102 Å². The Morgan fingerprint density at radius 2 is 0.818 bits per heavy atom. The molecule has 2 rings (SSSR count). The summed E-state index contributed by atoms with van der Waals surface area (Å²) >= 11 is 0. The Balaban J connectivity index is 2.72. The molecule has 0 nitrogen and oxygen atoms in total. The fourth-order valence-corrected chi connectivity index (χ4v) is 4.03. The van der Waals surface area contributed by atoms with Crippen LogP contribution in [-0.2, 0) is 10.8 Å². The van der Waals surface area contributed by atoms with E-state index >= 15 is 0 Å². The lowest BCUT2D eigenvalue weighted by Crippen LogP contribution is -2.52. The van der Waals surface area contributed by atoms with Gasteiger partial charge in [0, 0.05) is 10.8 Å². The summed E-state index contributed by atoms with van der Waals surface area (Å²) in [6.07, 6.45) is 0. The highest BCUT2D eigenvalue weighted by Gasteiger charge is 2.50. The third kappa shape index (κ3) is 2.49. The maximum Gasteiger partial charge on any atom is 0.00443 e. The van der Waals surface area contributed by atoms with E-state index in [9.17, 15) is 0 Å². The first kappa shape index (κ1) is 16.8. The fourth-order valence-electron chi connectivity index (χ4n) is 4.03. The number of hydrogen-bond acceptors (Lipinski definition) is 0. The summed E-state index contributed by atoms with van der Waals surface area (Å²) in [6, 6.07) is 22.1. The van der Waals surface area contributed by atoms with Crippen molar-refractivity contribution in [3.63, 3.8) is 0 Å². The van der Waals surface area contributed by atoms with Crippen molar-refractivity contribution in [1.82, 2.24) is 0 Å². The van der Waals surface area contributed by atoms with Gasteiger partial charge in [0.15, 0.2) is 0 Å². The molecule has 0 spiro atoms. The minimum atomic E-state index is 0.0732. The van der Waals surface area contributed by atoms with Gasteiger partial charge in [-0.2, -0.15) is 0 Å². The average molecular weight is 294 g/mol. The van der Waals surface area contributed by atoms with Crippen LogP contribution >= 0.6 is 0 Å². The monoisotopic (exact) mass is 294 g/mol. The van der Waals surface area contributed by atoms with Crippen molar-refractivity contribution in [3.8, 4) is 0 Å². The maximum absolute atomic E-state index is 2.44. The van der Waals surface area contributed by atoms with Crippen LogP contribution in [-0.4, -0.2) is 0 Å². The smallest absolute Gasteiger partial charge is 0.00443 e. The standard InChI is InChI=1S/C22H30/c1-17(2)21(5,19-13-9-7-10-14-19)22(6,18(3)4)20-15-11-8-12-16-20/h7-18H,1-6H3. The van der Waals surface area contributed by atoms with Crippen LogP contribution in [0.2, 0.25) is 0 Å². The lowest BCUT2D eigenvalue weighted by atomic mass is 9.50. The van der Waals surface area contributed by atoms with E-state index < -0.39 is 0 Å². The quantitative estimate of drug-likeness (QED) is 0.614. The molecule has 0 fully saturated rings. The molecule has 0 radical (unpaired) electrons. The van der Waals surface area contributed by atoms with Gasteiger partial charge in [-0.25, -0.2) is 0 Å². The highest BCUT2D eigenvalue weighted by molar-refractivity contribution is 5.39. The first-order valence-corrected chi connectivity index (χ1v) is 8.46. The van der Waals surface area contributed by atoms with Gasteiger partial charge in [0.05, 0.1) is 0 Å². The molecule has 0 bridgehead atoms. The average Bonchev–Trinajstić information content (AvgIpc) is 2.54. The van der Waals surface area contributed by atoms with Crippen LogP contribution in [0.15, 0.2) is 60.7 Å². The van der Waals surface area contributed by atoms with Crippen LogP contribution in [0.5, 0.6) is 0 Å². The van der Waals surface area contributed by atoms with Crippen molar-refractivity contribution in [3.05, 3.63) is 71.8 Å². The maximum atomic E-state index is 2.44. The summed E-state index contributed by atoms with van der Waals surface area (Å²) in [7, 11) is 0. The molecular formula is C22H30. The van der Waals surface area contributed by atoms with Gasteiger partial charge in [-0.15, -0.1) is 0 Å². The van der Waals surface area contributed by atoms with Crippen molar-refractivity contribution in [2.45, 2.75) is 52.4 Å². The molecule has 0 aliphatic heterocycles. The second kappa shape index (κ2) is 6.28. The van der Waals surface area contributed by atoms with Crippen LogP contribution in [0.4, 0.5) is 0 Å².